The molecule has 0 saturated heterocycles. The third-order valence-corrected chi connectivity index (χ3v) is 2.85. The normalized spacial score (nSPS) is 16.9. The molecule has 2 atom stereocenters. The zero-order chi connectivity index (χ0) is 13.8. The van der Waals surface area contributed by atoms with Crippen molar-refractivity contribution >= 4 is 0 Å². The first-order valence-electron chi connectivity index (χ1n) is 5.79. The first kappa shape index (κ1) is 16.7. The Morgan fingerprint density at radius 3 is 1.88 bits per heavy atom. The van der Waals surface area contributed by atoms with Gasteiger partial charge in [0.2, 0.25) is 0 Å². The molecule has 0 fully saturated rings. The Bertz CT molecular complexity index is 219. The van der Waals surface area contributed by atoms with Crippen LogP contribution in [-0.4, -0.2) is 47.5 Å². The van der Waals surface area contributed by atoms with Crippen LogP contribution in [0.2, 0.25) is 0 Å². The average molecular weight is 256 g/mol. The van der Waals surface area contributed by atoms with Crippen LogP contribution in [0.3, 0.4) is 0 Å². The number of rotatable bonds is 6. The number of halogens is 3. The Kier molecular flexibility index (Phi) is 6.43. The summed E-state index contributed by atoms with van der Waals surface area (Å²) in [7, 11) is 0. The van der Waals surface area contributed by atoms with Crippen LogP contribution in [0.25, 0.3) is 0 Å². The Balaban J connectivity index is 4.88. The number of hydrogen-bond acceptors (Lipinski definition) is 3. The first-order chi connectivity index (χ1) is 7.60. The minimum Gasteiger partial charge on any atom is -0.395 e. The van der Waals surface area contributed by atoms with Gasteiger partial charge in [-0.15, -0.1) is 0 Å². The van der Waals surface area contributed by atoms with Crippen molar-refractivity contribution in [2.75, 3.05) is 13.2 Å². The van der Waals surface area contributed by atoms with E-state index in [1.807, 2.05) is 13.8 Å². The molecule has 0 rings (SSSR count). The van der Waals surface area contributed by atoms with Crippen LogP contribution in [0.5, 0.6) is 0 Å². The fourth-order valence-electron chi connectivity index (χ4n) is 1.78. The van der Waals surface area contributed by atoms with E-state index in [1.165, 1.54) is 4.90 Å². The highest BCUT2D eigenvalue weighted by atomic mass is 19.4. The molecule has 0 aliphatic rings. The van der Waals surface area contributed by atoms with Crippen LogP contribution in [0.4, 0.5) is 13.2 Å². The average Bonchev–Trinajstić information content (AvgIpc) is 2.14. The smallest absolute Gasteiger partial charge is 0.395 e. The summed E-state index contributed by atoms with van der Waals surface area (Å²) in [4.78, 5) is 1.21. The molecule has 0 aromatic heterocycles. The third kappa shape index (κ3) is 5.70. The molecule has 17 heavy (non-hydrogen) atoms. The minimum atomic E-state index is -4.28. The molecule has 0 heterocycles. The fraction of sp³-hybridized carbons (Fsp3) is 1.00. The number of aliphatic hydroxyl groups excluding tert-OH is 1. The zero-order valence-corrected chi connectivity index (χ0v) is 10.8. The first-order valence-corrected chi connectivity index (χ1v) is 5.79. The van der Waals surface area contributed by atoms with Crippen LogP contribution < -0.4 is 5.73 Å². The number of nitrogens with two attached hydrogens (primary N) is 1. The molecule has 3 nitrogen and oxygen atoms in total. The molecule has 0 aliphatic carbocycles. The van der Waals surface area contributed by atoms with E-state index in [0.717, 1.165) is 0 Å². The predicted molar refractivity (Wildman–Crippen MR) is 61.6 cm³/mol. The predicted octanol–water partition coefficient (Wildman–Crippen LogP) is 1.60. The summed E-state index contributed by atoms with van der Waals surface area (Å²) in [6.07, 6.45) is -4.28. The van der Waals surface area contributed by atoms with Gasteiger partial charge in [-0.1, -0.05) is 13.8 Å². The highest BCUT2D eigenvalue weighted by Gasteiger charge is 2.37. The van der Waals surface area contributed by atoms with Crippen molar-refractivity contribution in [2.45, 2.75) is 52.0 Å². The molecule has 104 valence electrons. The summed E-state index contributed by atoms with van der Waals surface area (Å²) < 4.78 is 37.4. The second-order valence-electron chi connectivity index (χ2n) is 4.95. The largest absolute Gasteiger partial charge is 0.401 e. The lowest BCUT2D eigenvalue weighted by atomic mass is 9.95. The van der Waals surface area contributed by atoms with Gasteiger partial charge < -0.3 is 10.8 Å². The highest BCUT2D eigenvalue weighted by molar-refractivity contribution is 4.86. The second kappa shape index (κ2) is 6.56. The van der Waals surface area contributed by atoms with E-state index in [9.17, 15) is 18.3 Å². The van der Waals surface area contributed by atoms with Gasteiger partial charge in [0.25, 0.3) is 0 Å². The molecule has 0 aromatic rings. The van der Waals surface area contributed by atoms with Gasteiger partial charge in [-0.2, -0.15) is 13.2 Å². The van der Waals surface area contributed by atoms with Gasteiger partial charge in [0.1, 0.15) is 0 Å². The number of nitrogens with zero attached hydrogens (tertiary/aromatic N) is 1. The molecule has 0 spiro atoms. The molecular weight excluding hydrogens is 233 g/mol. The van der Waals surface area contributed by atoms with E-state index in [1.54, 1.807) is 13.8 Å². The Morgan fingerprint density at radius 2 is 1.65 bits per heavy atom. The zero-order valence-electron chi connectivity index (χ0n) is 10.8. The van der Waals surface area contributed by atoms with Gasteiger partial charge >= 0.3 is 6.18 Å². The maximum atomic E-state index is 12.5. The van der Waals surface area contributed by atoms with Gasteiger partial charge in [0.15, 0.2) is 0 Å². The van der Waals surface area contributed by atoms with Crippen LogP contribution in [0.1, 0.15) is 27.7 Å². The van der Waals surface area contributed by atoms with E-state index in [-0.39, 0.29) is 18.6 Å². The standard InChI is InChI=1S/C11H23F3N2O/c1-7(2)10(15)9(5-17)16(8(3)4)6-11(12,13)14/h7-10,17H,5-6,15H2,1-4H3. The van der Waals surface area contributed by atoms with E-state index in [4.69, 9.17) is 5.73 Å². The second-order valence-corrected chi connectivity index (χ2v) is 4.95. The summed E-state index contributed by atoms with van der Waals surface area (Å²) in [6.45, 7) is 5.59. The molecule has 0 aliphatic heterocycles. The molecule has 6 heteroatoms. The van der Waals surface area contributed by atoms with Crippen molar-refractivity contribution in [2.24, 2.45) is 11.7 Å². The van der Waals surface area contributed by atoms with Crippen molar-refractivity contribution < 1.29 is 18.3 Å². The number of hydrogen-bond donors (Lipinski definition) is 2. The maximum Gasteiger partial charge on any atom is 0.401 e. The topological polar surface area (TPSA) is 49.5 Å². The minimum absolute atomic E-state index is 0.0154. The molecule has 0 bridgehead atoms. The van der Waals surface area contributed by atoms with Crippen LogP contribution in [0.15, 0.2) is 0 Å². The lowest BCUT2D eigenvalue weighted by Crippen LogP contribution is -2.56. The summed E-state index contributed by atoms with van der Waals surface area (Å²) >= 11 is 0. The van der Waals surface area contributed by atoms with Crippen molar-refractivity contribution in [3.8, 4) is 0 Å². The van der Waals surface area contributed by atoms with Gasteiger partial charge in [-0.05, 0) is 19.8 Å². The summed E-state index contributed by atoms with van der Waals surface area (Å²) in [6, 6.07) is -1.47. The molecule has 2 unspecified atom stereocenters. The van der Waals surface area contributed by atoms with Gasteiger partial charge in [-0.3, -0.25) is 4.90 Å². The summed E-state index contributed by atoms with van der Waals surface area (Å²) in [5.41, 5.74) is 5.86. The lowest BCUT2D eigenvalue weighted by molar-refractivity contribution is -0.158. The van der Waals surface area contributed by atoms with Gasteiger partial charge in [0.05, 0.1) is 13.2 Å². The van der Waals surface area contributed by atoms with E-state index < -0.39 is 24.8 Å². The Labute approximate surface area is 101 Å². The fourth-order valence-corrected chi connectivity index (χ4v) is 1.78. The summed E-state index contributed by atoms with van der Waals surface area (Å²) in [5.74, 6) is 0.0154. The number of aliphatic hydroxyl groups is 1. The summed E-state index contributed by atoms with van der Waals surface area (Å²) in [5, 5.41) is 9.27. The van der Waals surface area contributed by atoms with E-state index >= 15 is 0 Å². The van der Waals surface area contributed by atoms with Crippen LogP contribution >= 0.6 is 0 Å². The van der Waals surface area contributed by atoms with Gasteiger partial charge in [-0.25, -0.2) is 0 Å². The van der Waals surface area contributed by atoms with E-state index in [2.05, 4.69) is 0 Å². The van der Waals surface area contributed by atoms with Crippen LogP contribution in [-0.2, 0) is 0 Å². The highest BCUT2D eigenvalue weighted by Crippen LogP contribution is 2.22. The van der Waals surface area contributed by atoms with Gasteiger partial charge in [0, 0.05) is 18.1 Å². The Morgan fingerprint density at radius 1 is 1.18 bits per heavy atom. The lowest BCUT2D eigenvalue weighted by Gasteiger charge is -2.39. The van der Waals surface area contributed by atoms with Crippen molar-refractivity contribution in [3.05, 3.63) is 0 Å². The van der Waals surface area contributed by atoms with Crippen molar-refractivity contribution in [1.82, 2.24) is 4.90 Å². The maximum absolute atomic E-state index is 12.5. The SMILES string of the molecule is CC(C)C(N)C(CO)N(CC(F)(F)F)C(C)C. The molecular formula is C11H23F3N2O. The molecule has 0 amide bonds. The van der Waals surface area contributed by atoms with Crippen molar-refractivity contribution in [3.63, 3.8) is 0 Å². The monoisotopic (exact) mass is 256 g/mol. The van der Waals surface area contributed by atoms with Crippen LogP contribution in [0, 0.1) is 5.92 Å². The Hall–Kier alpha value is -0.330. The molecule has 3 N–H and O–H groups in total. The molecule has 0 saturated carbocycles. The quantitative estimate of drug-likeness (QED) is 0.759. The van der Waals surface area contributed by atoms with Crippen molar-refractivity contribution in [1.29, 1.82) is 0 Å². The molecule has 0 radical (unpaired) electrons. The van der Waals surface area contributed by atoms with E-state index in [0.29, 0.717) is 0 Å². The number of alkyl halides is 3. The third-order valence-electron chi connectivity index (χ3n) is 2.85. The molecule has 0 aromatic carbocycles.